The van der Waals surface area contributed by atoms with Gasteiger partial charge in [-0.05, 0) is 36.6 Å². The van der Waals surface area contributed by atoms with Crippen molar-refractivity contribution in [2.45, 2.75) is 46.1 Å². The zero-order chi connectivity index (χ0) is 12.7. The van der Waals surface area contributed by atoms with Crippen LogP contribution in [0.3, 0.4) is 0 Å². The predicted octanol–water partition coefficient (Wildman–Crippen LogP) is 4.93. The van der Waals surface area contributed by atoms with E-state index in [1.807, 2.05) is 0 Å². The topological polar surface area (TPSA) is 12.0 Å². The molecule has 96 valence electrons. The van der Waals surface area contributed by atoms with Gasteiger partial charge in [0.25, 0.3) is 0 Å². The van der Waals surface area contributed by atoms with Crippen molar-refractivity contribution in [3.8, 4) is 0 Å². The van der Waals surface area contributed by atoms with Crippen molar-refractivity contribution in [2.75, 3.05) is 6.54 Å². The van der Waals surface area contributed by atoms with E-state index in [-0.39, 0.29) is 0 Å². The fourth-order valence-corrected chi connectivity index (χ4v) is 2.32. The summed E-state index contributed by atoms with van der Waals surface area (Å²) < 4.78 is 1.15. The van der Waals surface area contributed by atoms with Crippen molar-refractivity contribution in [3.05, 3.63) is 34.3 Å². The van der Waals surface area contributed by atoms with Gasteiger partial charge >= 0.3 is 0 Å². The molecular formula is C15H24BrN. The number of benzene rings is 1. The van der Waals surface area contributed by atoms with E-state index in [4.69, 9.17) is 0 Å². The van der Waals surface area contributed by atoms with Crippen molar-refractivity contribution in [2.24, 2.45) is 5.92 Å². The van der Waals surface area contributed by atoms with Gasteiger partial charge in [-0.1, -0.05) is 61.7 Å². The third-order valence-electron chi connectivity index (χ3n) is 3.00. The van der Waals surface area contributed by atoms with Crippen molar-refractivity contribution in [1.82, 2.24) is 5.32 Å². The van der Waals surface area contributed by atoms with E-state index in [0.717, 1.165) is 16.9 Å². The Hall–Kier alpha value is -0.340. The standard InChI is InChI=1S/C15H24BrN/c1-4-17-15(7-5-6-12(2)3)13-8-10-14(16)11-9-13/h8-12,15,17H,4-7H2,1-3H3. The summed E-state index contributed by atoms with van der Waals surface area (Å²) in [5.74, 6) is 0.808. The summed E-state index contributed by atoms with van der Waals surface area (Å²) in [5.41, 5.74) is 1.40. The highest BCUT2D eigenvalue weighted by Gasteiger charge is 2.09. The highest BCUT2D eigenvalue weighted by molar-refractivity contribution is 9.10. The summed E-state index contributed by atoms with van der Waals surface area (Å²) in [4.78, 5) is 0. The Kier molecular flexibility index (Phi) is 6.83. The summed E-state index contributed by atoms with van der Waals surface area (Å²) in [5, 5.41) is 3.58. The van der Waals surface area contributed by atoms with E-state index in [2.05, 4.69) is 66.3 Å². The first kappa shape index (κ1) is 14.7. The van der Waals surface area contributed by atoms with Crippen LogP contribution in [0.5, 0.6) is 0 Å². The Bertz CT molecular complexity index is 305. The molecule has 1 rings (SSSR count). The van der Waals surface area contributed by atoms with Gasteiger partial charge in [-0.2, -0.15) is 0 Å². The monoisotopic (exact) mass is 297 g/mol. The van der Waals surface area contributed by atoms with Crippen LogP contribution in [0.25, 0.3) is 0 Å². The van der Waals surface area contributed by atoms with Crippen LogP contribution < -0.4 is 5.32 Å². The number of hydrogen-bond acceptors (Lipinski definition) is 1. The van der Waals surface area contributed by atoms with Gasteiger partial charge in [0.2, 0.25) is 0 Å². The quantitative estimate of drug-likeness (QED) is 0.753. The molecule has 0 bridgehead atoms. The number of hydrogen-bond donors (Lipinski definition) is 1. The second-order valence-corrected chi connectivity index (χ2v) is 5.90. The summed E-state index contributed by atoms with van der Waals surface area (Å²) in [7, 11) is 0. The molecule has 1 N–H and O–H groups in total. The zero-order valence-corrected chi connectivity index (χ0v) is 12.8. The summed E-state index contributed by atoms with van der Waals surface area (Å²) >= 11 is 3.48. The van der Waals surface area contributed by atoms with E-state index < -0.39 is 0 Å². The normalized spacial score (nSPS) is 13.0. The van der Waals surface area contributed by atoms with E-state index in [9.17, 15) is 0 Å². The maximum absolute atomic E-state index is 3.58. The maximum atomic E-state index is 3.58. The summed E-state index contributed by atoms with van der Waals surface area (Å²) in [6, 6.07) is 9.19. The Morgan fingerprint density at radius 1 is 1.12 bits per heavy atom. The molecule has 0 aromatic heterocycles. The molecule has 0 aliphatic rings. The second kappa shape index (κ2) is 7.88. The molecule has 0 aliphatic heterocycles. The van der Waals surface area contributed by atoms with Crippen LogP contribution >= 0.6 is 15.9 Å². The van der Waals surface area contributed by atoms with Gasteiger partial charge in [0.05, 0.1) is 0 Å². The number of nitrogens with one attached hydrogen (secondary N) is 1. The van der Waals surface area contributed by atoms with E-state index in [1.54, 1.807) is 0 Å². The molecule has 0 saturated heterocycles. The molecule has 0 amide bonds. The third kappa shape index (κ3) is 5.69. The van der Waals surface area contributed by atoms with Crippen LogP contribution in [0, 0.1) is 5.92 Å². The Balaban J connectivity index is 2.55. The van der Waals surface area contributed by atoms with Gasteiger partial charge in [-0.3, -0.25) is 0 Å². The van der Waals surface area contributed by atoms with Crippen LogP contribution in [0.2, 0.25) is 0 Å². The first-order valence-electron chi connectivity index (χ1n) is 6.62. The highest BCUT2D eigenvalue weighted by Crippen LogP contribution is 2.22. The minimum absolute atomic E-state index is 0.506. The molecule has 2 heteroatoms. The van der Waals surface area contributed by atoms with Gasteiger partial charge in [-0.25, -0.2) is 0 Å². The fourth-order valence-electron chi connectivity index (χ4n) is 2.06. The molecule has 0 spiro atoms. The lowest BCUT2D eigenvalue weighted by Gasteiger charge is -2.19. The Morgan fingerprint density at radius 3 is 2.29 bits per heavy atom. The smallest absolute Gasteiger partial charge is 0.0320 e. The lowest BCUT2D eigenvalue weighted by atomic mass is 9.98. The Morgan fingerprint density at radius 2 is 1.76 bits per heavy atom. The molecule has 17 heavy (non-hydrogen) atoms. The van der Waals surface area contributed by atoms with Crippen molar-refractivity contribution in [1.29, 1.82) is 0 Å². The summed E-state index contributed by atoms with van der Waals surface area (Å²) in [6.07, 6.45) is 3.84. The second-order valence-electron chi connectivity index (χ2n) is 4.99. The third-order valence-corrected chi connectivity index (χ3v) is 3.53. The van der Waals surface area contributed by atoms with E-state index >= 15 is 0 Å². The van der Waals surface area contributed by atoms with Gasteiger partial charge in [0.15, 0.2) is 0 Å². The fraction of sp³-hybridized carbons (Fsp3) is 0.600. The average molecular weight is 298 g/mol. The first-order chi connectivity index (χ1) is 8.13. The molecular weight excluding hydrogens is 274 g/mol. The molecule has 0 aliphatic carbocycles. The van der Waals surface area contributed by atoms with Crippen LogP contribution in [0.1, 0.15) is 51.6 Å². The molecule has 0 saturated carbocycles. The predicted molar refractivity (Wildman–Crippen MR) is 79.2 cm³/mol. The molecule has 1 aromatic rings. The lowest BCUT2D eigenvalue weighted by molar-refractivity contribution is 0.455. The van der Waals surface area contributed by atoms with Gasteiger partial charge in [-0.15, -0.1) is 0 Å². The Labute approximate surface area is 114 Å². The molecule has 1 nitrogen and oxygen atoms in total. The van der Waals surface area contributed by atoms with E-state index in [1.165, 1.54) is 24.8 Å². The van der Waals surface area contributed by atoms with Crippen LogP contribution in [0.15, 0.2) is 28.7 Å². The van der Waals surface area contributed by atoms with E-state index in [0.29, 0.717) is 6.04 Å². The van der Waals surface area contributed by atoms with Crippen LogP contribution in [-0.4, -0.2) is 6.54 Å². The minimum atomic E-state index is 0.506. The first-order valence-corrected chi connectivity index (χ1v) is 7.41. The van der Waals surface area contributed by atoms with Gasteiger partial charge in [0.1, 0.15) is 0 Å². The van der Waals surface area contributed by atoms with Crippen molar-refractivity contribution in [3.63, 3.8) is 0 Å². The highest BCUT2D eigenvalue weighted by atomic mass is 79.9. The molecule has 1 atom stereocenters. The minimum Gasteiger partial charge on any atom is -0.310 e. The molecule has 1 unspecified atom stereocenters. The van der Waals surface area contributed by atoms with Crippen molar-refractivity contribution >= 4 is 15.9 Å². The average Bonchev–Trinajstić information content (AvgIpc) is 2.29. The lowest BCUT2D eigenvalue weighted by Crippen LogP contribution is -2.20. The SMILES string of the molecule is CCNC(CCCC(C)C)c1ccc(Br)cc1. The molecule has 0 heterocycles. The van der Waals surface area contributed by atoms with Crippen molar-refractivity contribution < 1.29 is 0 Å². The van der Waals surface area contributed by atoms with Crippen LogP contribution in [-0.2, 0) is 0 Å². The number of halogens is 1. The molecule has 1 aromatic carbocycles. The zero-order valence-electron chi connectivity index (χ0n) is 11.2. The maximum Gasteiger partial charge on any atom is 0.0320 e. The largest absolute Gasteiger partial charge is 0.310 e. The summed E-state index contributed by atoms with van der Waals surface area (Å²) in [6.45, 7) is 7.79. The molecule has 0 radical (unpaired) electrons. The van der Waals surface area contributed by atoms with Crippen LogP contribution in [0.4, 0.5) is 0 Å². The van der Waals surface area contributed by atoms with Gasteiger partial charge in [0, 0.05) is 10.5 Å². The molecule has 0 fully saturated rings. The number of rotatable bonds is 7. The van der Waals surface area contributed by atoms with Gasteiger partial charge < -0.3 is 5.32 Å².